The molecule has 0 fully saturated rings. The molecule has 32 heavy (non-hydrogen) atoms. The lowest BCUT2D eigenvalue weighted by molar-refractivity contribution is -0.123. The van der Waals surface area contributed by atoms with E-state index in [9.17, 15) is 9.59 Å². The third kappa shape index (κ3) is 4.06. The van der Waals surface area contributed by atoms with Crippen LogP contribution in [0.3, 0.4) is 0 Å². The Balaban J connectivity index is 1.63. The molecule has 1 aliphatic heterocycles. The molecule has 2 aromatic carbocycles. The normalized spacial score (nSPS) is 14.8. The molecule has 1 aliphatic rings. The first-order valence-corrected chi connectivity index (χ1v) is 10.4. The molecule has 2 heterocycles. The molecule has 3 aromatic rings. The molecule has 0 bridgehead atoms. The highest BCUT2D eigenvalue weighted by Gasteiger charge is 2.37. The Labute approximate surface area is 190 Å². The lowest BCUT2D eigenvalue weighted by Crippen LogP contribution is -2.24. The molecule has 4 rings (SSSR count). The second-order valence-corrected chi connectivity index (χ2v) is 7.85. The highest BCUT2D eigenvalue weighted by Crippen LogP contribution is 2.39. The van der Waals surface area contributed by atoms with Crippen molar-refractivity contribution in [1.82, 2.24) is 9.78 Å². The van der Waals surface area contributed by atoms with Crippen molar-refractivity contribution in [3.63, 3.8) is 0 Å². The molecule has 2 N–H and O–H groups in total. The number of hydrogen-bond donors (Lipinski definition) is 2. The number of aromatic nitrogens is 2. The first kappa shape index (κ1) is 21.9. The predicted molar refractivity (Wildman–Crippen MR) is 122 cm³/mol. The fraction of sp³-hybridized carbons (Fsp3) is 0.261. The van der Waals surface area contributed by atoms with Crippen LogP contribution < -0.4 is 15.4 Å². The smallest absolute Gasteiger partial charge is 0.251 e. The zero-order chi connectivity index (χ0) is 22.8. The Morgan fingerprint density at radius 1 is 1.22 bits per heavy atom. The molecule has 1 aromatic heterocycles. The van der Waals surface area contributed by atoms with Crippen molar-refractivity contribution in [2.24, 2.45) is 0 Å². The minimum atomic E-state index is -0.771. The Hall–Kier alpha value is -3.36. The third-order valence-electron chi connectivity index (χ3n) is 5.40. The van der Waals surface area contributed by atoms with Crippen LogP contribution in [0.1, 0.15) is 23.7 Å². The van der Waals surface area contributed by atoms with Gasteiger partial charge in [0.15, 0.2) is 0 Å². The number of hydrogen-bond acceptors (Lipinski definition) is 5. The van der Waals surface area contributed by atoms with Gasteiger partial charge in [-0.3, -0.25) is 9.59 Å². The maximum Gasteiger partial charge on any atom is 0.251 e. The van der Waals surface area contributed by atoms with Crippen LogP contribution in [0.15, 0.2) is 42.5 Å². The maximum absolute atomic E-state index is 12.7. The molecule has 0 radical (unpaired) electrons. The summed E-state index contributed by atoms with van der Waals surface area (Å²) in [4.78, 5) is 25.5. The summed E-state index contributed by atoms with van der Waals surface area (Å²) in [6.07, 6.45) is -0.0685. The number of fused-ring (bicyclic) bond motifs is 1. The van der Waals surface area contributed by atoms with Gasteiger partial charge in [0.2, 0.25) is 5.91 Å². The summed E-state index contributed by atoms with van der Waals surface area (Å²) >= 11 is 6.14. The van der Waals surface area contributed by atoms with Crippen molar-refractivity contribution < 1.29 is 19.1 Å². The fourth-order valence-electron chi connectivity index (χ4n) is 3.74. The summed E-state index contributed by atoms with van der Waals surface area (Å²) in [5.41, 5.74) is 3.67. The Bertz CT molecular complexity index is 1170. The number of amides is 2. The van der Waals surface area contributed by atoms with Gasteiger partial charge in [-0.15, -0.1) is 0 Å². The van der Waals surface area contributed by atoms with Crippen LogP contribution in [0.25, 0.3) is 11.1 Å². The van der Waals surface area contributed by atoms with Gasteiger partial charge in [0.1, 0.15) is 17.6 Å². The first-order chi connectivity index (χ1) is 15.4. The van der Waals surface area contributed by atoms with E-state index in [1.54, 1.807) is 37.1 Å². The average molecular weight is 455 g/mol. The molecule has 1 atom stereocenters. The number of halogens is 1. The van der Waals surface area contributed by atoms with Crippen molar-refractivity contribution in [3.8, 4) is 16.9 Å². The van der Waals surface area contributed by atoms with Gasteiger partial charge in [-0.1, -0.05) is 29.8 Å². The summed E-state index contributed by atoms with van der Waals surface area (Å²) < 4.78 is 12.1. The van der Waals surface area contributed by atoms with E-state index in [1.165, 1.54) is 0 Å². The van der Waals surface area contributed by atoms with Gasteiger partial charge in [0, 0.05) is 23.4 Å². The van der Waals surface area contributed by atoms with Gasteiger partial charge in [-0.05, 0) is 42.3 Å². The summed E-state index contributed by atoms with van der Waals surface area (Å²) in [6.45, 7) is 2.09. The summed E-state index contributed by atoms with van der Waals surface area (Å²) in [6, 6.07) is 12.0. The van der Waals surface area contributed by atoms with Gasteiger partial charge in [-0.25, -0.2) is 4.68 Å². The Morgan fingerprint density at radius 2 is 1.97 bits per heavy atom. The largest absolute Gasteiger partial charge is 0.497 e. The lowest BCUT2D eigenvalue weighted by atomic mass is 10.1. The second-order valence-electron chi connectivity index (χ2n) is 7.45. The van der Waals surface area contributed by atoms with E-state index in [0.717, 1.165) is 22.4 Å². The van der Waals surface area contributed by atoms with Crippen LogP contribution in [0, 0.1) is 6.92 Å². The van der Waals surface area contributed by atoms with Gasteiger partial charge < -0.3 is 20.1 Å². The highest BCUT2D eigenvalue weighted by atomic mass is 35.5. The third-order valence-corrected chi connectivity index (χ3v) is 5.81. The van der Waals surface area contributed by atoms with Crippen molar-refractivity contribution in [2.45, 2.75) is 26.0 Å². The fourth-order valence-corrected chi connectivity index (χ4v) is 3.91. The van der Waals surface area contributed by atoms with Gasteiger partial charge in [0.05, 0.1) is 25.8 Å². The van der Waals surface area contributed by atoms with Gasteiger partial charge >= 0.3 is 0 Å². The number of carbonyl (C=O) groups excluding carboxylic acids is 2. The zero-order valence-corrected chi connectivity index (χ0v) is 18.7. The Morgan fingerprint density at radius 3 is 2.66 bits per heavy atom. The van der Waals surface area contributed by atoms with E-state index in [2.05, 4.69) is 15.7 Å². The van der Waals surface area contributed by atoms with E-state index in [4.69, 9.17) is 21.1 Å². The lowest BCUT2D eigenvalue weighted by Gasteiger charge is -2.12. The maximum atomic E-state index is 12.7. The van der Waals surface area contributed by atoms with Crippen LogP contribution in [-0.4, -0.2) is 35.8 Å². The van der Waals surface area contributed by atoms with Crippen LogP contribution >= 0.6 is 11.6 Å². The second kappa shape index (κ2) is 9.02. The number of anilines is 2. The molecule has 0 spiro atoms. The summed E-state index contributed by atoms with van der Waals surface area (Å²) in [7, 11) is 3.18. The van der Waals surface area contributed by atoms with Crippen LogP contribution in [0.4, 0.5) is 11.5 Å². The SMILES string of the molecule is COCc1nn2c(c1-c1ccc(OC)cc1)NC(=O)C2CC(=O)Nc1cccc(Cl)c1C. The number of ether oxygens (including phenoxy) is 2. The number of methoxy groups -OCH3 is 2. The van der Waals surface area contributed by atoms with Crippen LogP contribution in [0.2, 0.25) is 5.02 Å². The van der Waals surface area contributed by atoms with Crippen molar-refractivity contribution in [2.75, 3.05) is 24.9 Å². The predicted octanol–water partition coefficient (Wildman–Crippen LogP) is 4.19. The number of rotatable bonds is 7. The minimum Gasteiger partial charge on any atom is -0.497 e. The Kier molecular flexibility index (Phi) is 6.16. The van der Waals surface area contributed by atoms with E-state index in [0.29, 0.717) is 22.2 Å². The van der Waals surface area contributed by atoms with Gasteiger partial charge in [-0.2, -0.15) is 5.10 Å². The van der Waals surface area contributed by atoms with E-state index in [1.807, 2.05) is 31.2 Å². The molecular weight excluding hydrogens is 432 g/mol. The molecule has 166 valence electrons. The molecule has 0 aliphatic carbocycles. The van der Waals surface area contributed by atoms with E-state index < -0.39 is 6.04 Å². The number of benzene rings is 2. The van der Waals surface area contributed by atoms with E-state index in [-0.39, 0.29) is 24.8 Å². The average Bonchev–Trinajstić information content (AvgIpc) is 3.27. The first-order valence-electron chi connectivity index (χ1n) is 10.0. The van der Waals surface area contributed by atoms with Gasteiger partial charge in [0.25, 0.3) is 5.91 Å². The molecule has 1 unspecified atom stereocenters. The topological polar surface area (TPSA) is 94.5 Å². The summed E-state index contributed by atoms with van der Waals surface area (Å²) in [5.74, 6) is 0.673. The van der Waals surface area contributed by atoms with E-state index >= 15 is 0 Å². The van der Waals surface area contributed by atoms with Crippen molar-refractivity contribution in [1.29, 1.82) is 0 Å². The monoisotopic (exact) mass is 454 g/mol. The quantitative estimate of drug-likeness (QED) is 0.558. The molecule has 8 nitrogen and oxygen atoms in total. The summed E-state index contributed by atoms with van der Waals surface area (Å²) in [5, 5.41) is 10.9. The minimum absolute atomic E-state index is 0.0685. The molecule has 2 amide bonds. The number of nitrogens with one attached hydrogen (secondary N) is 2. The standard InChI is InChI=1S/C23H23ClN4O4/c1-13-16(24)5-4-6-17(13)25-20(29)11-19-23(30)26-22-21(18(12-31-2)27-28(19)22)14-7-9-15(32-3)10-8-14/h4-10,19H,11-12H2,1-3H3,(H,25,29)(H,26,30). The van der Waals surface area contributed by atoms with Crippen molar-refractivity contribution >= 4 is 34.9 Å². The molecule has 0 saturated carbocycles. The zero-order valence-electron chi connectivity index (χ0n) is 17.9. The molecule has 9 heteroatoms. The van der Waals surface area contributed by atoms with Crippen LogP contribution in [-0.2, 0) is 20.9 Å². The van der Waals surface area contributed by atoms with Crippen LogP contribution in [0.5, 0.6) is 5.75 Å². The molecule has 0 saturated heterocycles. The highest BCUT2D eigenvalue weighted by molar-refractivity contribution is 6.31. The number of carbonyl (C=O) groups is 2. The molecular formula is C23H23ClN4O4. The van der Waals surface area contributed by atoms with Crippen molar-refractivity contribution in [3.05, 3.63) is 58.7 Å². The number of nitrogens with zero attached hydrogens (tertiary/aromatic N) is 2.